The van der Waals surface area contributed by atoms with Gasteiger partial charge in [-0.25, -0.2) is 0 Å². The maximum atomic E-state index is 3.67. The Balaban J connectivity index is 2.09. The van der Waals surface area contributed by atoms with E-state index in [2.05, 4.69) is 31.0 Å². The molecule has 0 saturated carbocycles. The molecule has 0 aromatic rings. The van der Waals surface area contributed by atoms with E-state index in [1.54, 1.807) is 0 Å². The Kier molecular flexibility index (Phi) is 6.26. The summed E-state index contributed by atoms with van der Waals surface area (Å²) in [6.07, 6.45) is 5.42. The van der Waals surface area contributed by atoms with Crippen LogP contribution in [0.4, 0.5) is 0 Å². The van der Waals surface area contributed by atoms with Gasteiger partial charge in [0.15, 0.2) is 0 Å². The zero-order valence-electron chi connectivity index (χ0n) is 10.8. The fourth-order valence-electron chi connectivity index (χ4n) is 2.36. The van der Waals surface area contributed by atoms with E-state index in [-0.39, 0.29) is 0 Å². The number of hydrogen-bond donors (Lipinski definition) is 1. The molecule has 0 bridgehead atoms. The van der Waals surface area contributed by atoms with Gasteiger partial charge in [-0.2, -0.15) is 0 Å². The first-order valence-corrected chi connectivity index (χ1v) is 6.72. The number of nitrogens with zero attached hydrogens (tertiary/aromatic N) is 1. The molecule has 1 fully saturated rings. The van der Waals surface area contributed by atoms with Crippen LogP contribution in [0.15, 0.2) is 0 Å². The molecule has 1 N–H and O–H groups in total. The second-order valence-corrected chi connectivity index (χ2v) is 5.00. The van der Waals surface area contributed by atoms with Gasteiger partial charge in [-0.3, -0.25) is 0 Å². The van der Waals surface area contributed by atoms with Gasteiger partial charge < -0.3 is 10.2 Å². The van der Waals surface area contributed by atoms with Crippen molar-refractivity contribution in [3.05, 3.63) is 0 Å². The van der Waals surface area contributed by atoms with Crippen molar-refractivity contribution in [2.24, 2.45) is 5.92 Å². The minimum Gasteiger partial charge on any atom is -0.313 e. The van der Waals surface area contributed by atoms with E-state index >= 15 is 0 Å². The van der Waals surface area contributed by atoms with Gasteiger partial charge in [0.2, 0.25) is 0 Å². The first kappa shape index (κ1) is 13.0. The summed E-state index contributed by atoms with van der Waals surface area (Å²) in [5.74, 6) is 0.867. The predicted octanol–water partition coefficient (Wildman–Crippen LogP) is 2.50. The average molecular weight is 212 g/mol. The third kappa shape index (κ3) is 4.98. The lowest BCUT2D eigenvalue weighted by atomic mass is 10.0. The monoisotopic (exact) mass is 212 g/mol. The van der Waals surface area contributed by atoms with E-state index in [9.17, 15) is 0 Å². The third-order valence-corrected chi connectivity index (χ3v) is 3.64. The van der Waals surface area contributed by atoms with Crippen molar-refractivity contribution in [3.63, 3.8) is 0 Å². The molecule has 2 nitrogen and oxygen atoms in total. The normalized spacial score (nSPS) is 20.0. The fraction of sp³-hybridized carbons (Fsp3) is 1.00. The molecule has 90 valence electrons. The Bertz CT molecular complexity index is 149. The fourth-order valence-corrected chi connectivity index (χ4v) is 2.36. The lowest BCUT2D eigenvalue weighted by Crippen LogP contribution is -2.39. The van der Waals surface area contributed by atoms with E-state index in [0.717, 1.165) is 5.92 Å². The van der Waals surface area contributed by atoms with Crippen LogP contribution < -0.4 is 5.32 Å². The Morgan fingerprint density at radius 2 is 1.73 bits per heavy atom. The quantitative estimate of drug-likeness (QED) is 0.697. The number of nitrogens with one attached hydrogen (secondary N) is 1. The van der Waals surface area contributed by atoms with Crippen LogP contribution in [-0.2, 0) is 0 Å². The molecule has 0 radical (unpaired) electrons. The molecule has 2 heteroatoms. The van der Waals surface area contributed by atoms with Gasteiger partial charge >= 0.3 is 0 Å². The SMILES string of the molecule is CCC(CC)CNC(C)CN1CCCC1. The molecular formula is C13H28N2. The molecule has 1 unspecified atom stereocenters. The Labute approximate surface area is 95.4 Å². The molecule has 1 aliphatic rings. The van der Waals surface area contributed by atoms with Gasteiger partial charge in [0, 0.05) is 12.6 Å². The standard InChI is InChI=1S/C13H28N2/c1-4-13(5-2)10-14-12(3)11-15-8-6-7-9-15/h12-14H,4-11H2,1-3H3. The first-order valence-electron chi connectivity index (χ1n) is 6.72. The van der Waals surface area contributed by atoms with Crippen LogP contribution in [0.25, 0.3) is 0 Å². The summed E-state index contributed by atoms with van der Waals surface area (Å²) in [5.41, 5.74) is 0. The summed E-state index contributed by atoms with van der Waals surface area (Å²) < 4.78 is 0. The molecule has 1 heterocycles. The van der Waals surface area contributed by atoms with Crippen molar-refractivity contribution >= 4 is 0 Å². The van der Waals surface area contributed by atoms with Crippen LogP contribution in [0.2, 0.25) is 0 Å². The highest BCUT2D eigenvalue weighted by atomic mass is 15.2. The van der Waals surface area contributed by atoms with Crippen LogP contribution in [0.3, 0.4) is 0 Å². The highest BCUT2D eigenvalue weighted by Gasteiger charge is 2.14. The second-order valence-electron chi connectivity index (χ2n) is 5.00. The lowest BCUT2D eigenvalue weighted by Gasteiger charge is -2.23. The largest absolute Gasteiger partial charge is 0.313 e. The van der Waals surface area contributed by atoms with E-state index in [4.69, 9.17) is 0 Å². The minimum absolute atomic E-state index is 0.656. The van der Waals surface area contributed by atoms with Gasteiger partial charge in [-0.05, 0) is 45.3 Å². The molecule has 0 spiro atoms. The summed E-state index contributed by atoms with van der Waals surface area (Å²) in [5, 5.41) is 3.67. The first-order chi connectivity index (χ1) is 7.26. The summed E-state index contributed by atoms with van der Waals surface area (Å²) in [6, 6.07) is 0.656. The van der Waals surface area contributed by atoms with E-state index < -0.39 is 0 Å². The third-order valence-electron chi connectivity index (χ3n) is 3.64. The van der Waals surface area contributed by atoms with E-state index in [0.29, 0.717) is 6.04 Å². The lowest BCUT2D eigenvalue weighted by molar-refractivity contribution is 0.289. The van der Waals surface area contributed by atoms with Crippen molar-refractivity contribution in [2.45, 2.75) is 52.5 Å². The van der Waals surface area contributed by atoms with Crippen molar-refractivity contribution in [3.8, 4) is 0 Å². The molecule has 0 aromatic carbocycles. The summed E-state index contributed by atoms with van der Waals surface area (Å²) >= 11 is 0. The van der Waals surface area contributed by atoms with Gasteiger partial charge in [-0.1, -0.05) is 26.7 Å². The van der Waals surface area contributed by atoms with E-state index in [1.165, 1.54) is 51.9 Å². The molecule has 0 aliphatic carbocycles. The molecule has 1 rings (SSSR count). The van der Waals surface area contributed by atoms with Gasteiger partial charge in [0.05, 0.1) is 0 Å². The maximum absolute atomic E-state index is 3.67. The summed E-state index contributed by atoms with van der Waals surface area (Å²) in [6.45, 7) is 12.0. The smallest absolute Gasteiger partial charge is 0.0166 e. The van der Waals surface area contributed by atoms with Gasteiger partial charge in [-0.15, -0.1) is 0 Å². The number of rotatable bonds is 7. The van der Waals surface area contributed by atoms with Crippen molar-refractivity contribution < 1.29 is 0 Å². The number of likely N-dealkylation sites (tertiary alicyclic amines) is 1. The molecule has 0 aromatic heterocycles. The Hall–Kier alpha value is -0.0800. The molecule has 0 amide bonds. The van der Waals surface area contributed by atoms with E-state index in [1.807, 2.05) is 0 Å². The van der Waals surface area contributed by atoms with Crippen molar-refractivity contribution in [1.29, 1.82) is 0 Å². The van der Waals surface area contributed by atoms with Gasteiger partial charge in [0.25, 0.3) is 0 Å². The molecule has 1 atom stereocenters. The highest BCUT2D eigenvalue weighted by Crippen LogP contribution is 2.09. The molecule has 1 aliphatic heterocycles. The second kappa shape index (κ2) is 7.24. The zero-order chi connectivity index (χ0) is 11.1. The van der Waals surface area contributed by atoms with Gasteiger partial charge in [0.1, 0.15) is 0 Å². The zero-order valence-corrected chi connectivity index (χ0v) is 10.8. The van der Waals surface area contributed by atoms with Crippen LogP contribution in [-0.4, -0.2) is 37.1 Å². The number of hydrogen-bond acceptors (Lipinski definition) is 2. The molecular weight excluding hydrogens is 184 g/mol. The van der Waals surface area contributed by atoms with Crippen LogP contribution >= 0.6 is 0 Å². The molecule has 1 saturated heterocycles. The summed E-state index contributed by atoms with van der Waals surface area (Å²) in [7, 11) is 0. The summed E-state index contributed by atoms with van der Waals surface area (Å²) in [4.78, 5) is 2.59. The average Bonchev–Trinajstić information content (AvgIpc) is 2.72. The molecule has 15 heavy (non-hydrogen) atoms. The minimum atomic E-state index is 0.656. The maximum Gasteiger partial charge on any atom is 0.0166 e. The Morgan fingerprint density at radius 3 is 2.27 bits per heavy atom. The predicted molar refractivity (Wildman–Crippen MR) is 67.2 cm³/mol. The highest BCUT2D eigenvalue weighted by molar-refractivity contribution is 4.73. The van der Waals surface area contributed by atoms with Crippen molar-refractivity contribution in [2.75, 3.05) is 26.2 Å². The van der Waals surface area contributed by atoms with Crippen molar-refractivity contribution in [1.82, 2.24) is 10.2 Å². The van der Waals surface area contributed by atoms with Crippen LogP contribution in [0.5, 0.6) is 0 Å². The van der Waals surface area contributed by atoms with Crippen LogP contribution in [0.1, 0.15) is 46.5 Å². The Morgan fingerprint density at radius 1 is 1.13 bits per heavy atom. The topological polar surface area (TPSA) is 15.3 Å². The van der Waals surface area contributed by atoms with Crippen LogP contribution in [0, 0.1) is 5.92 Å².